The van der Waals surface area contributed by atoms with Crippen LogP contribution in [0.3, 0.4) is 0 Å². The molecule has 0 unspecified atom stereocenters. The van der Waals surface area contributed by atoms with Gasteiger partial charge in [0.15, 0.2) is 0 Å². The SMILES string of the molecule is CCC(C)(C)C(C)(C)[O]. The summed E-state index contributed by atoms with van der Waals surface area (Å²) < 4.78 is 0. The van der Waals surface area contributed by atoms with Crippen molar-refractivity contribution in [2.24, 2.45) is 5.41 Å². The van der Waals surface area contributed by atoms with Gasteiger partial charge in [0.05, 0.1) is 0 Å². The van der Waals surface area contributed by atoms with Gasteiger partial charge in [-0.2, -0.15) is 0 Å². The second-order valence-corrected chi connectivity index (χ2v) is 3.75. The predicted octanol–water partition coefficient (Wildman–Crippen LogP) is 2.63. The first kappa shape index (κ1) is 8.96. The van der Waals surface area contributed by atoms with Crippen molar-refractivity contribution >= 4 is 0 Å². The summed E-state index contributed by atoms with van der Waals surface area (Å²) in [6, 6.07) is 0. The minimum atomic E-state index is -0.804. The molecule has 1 radical (unpaired) electrons. The van der Waals surface area contributed by atoms with E-state index in [1.54, 1.807) is 13.8 Å². The van der Waals surface area contributed by atoms with Crippen molar-refractivity contribution in [3.63, 3.8) is 0 Å². The molecule has 0 rings (SSSR count). The second kappa shape index (κ2) is 2.30. The molecule has 0 aliphatic carbocycles. The maximum Gasteiger partial charge on any atom is 0.103 e. The summed E-state index contributed by atoms with van der Waals surface area (Å²) in [4.78, 5) is 0. The first-order chi connectivity index (χ1) is 3.81. The monoisotopic (exact) mass is 129 g/mol. The Hall–Kier alpha value is -0.0400. The standard InChI is InChI=1S/C8H17O/c1-6-7(2,3)8(4,5)9/h6H2,1-5H3. The molecule has 0 spiro atoms. The Morgan fingerprint density at radius 3 is 1.44 bits per heavy atom. The fourth-order valence-electron chi connectivity index (χ4n) is 0.426. The highest BCUT2D eigenvalue weighted by molar-refractivity contribution is 4.83. The molecule has 0 N–H and O–H groups in total. The Kier molecular flexibility index (Phi) is 2.29. The number of rotatable bonds is 2. The highest BCUT2D eigenvalue weighted by Crippen LogP contribution is 2.33. The first-order valence-electron chi connectivity index (χ1n) is 3.51. The molecule has 0 saturated carbocycles. The largest absolute Gasteiger partial charge is 0.230 e. The summed E-state index contributed by atoms with van der Waals surface area (Å²) in [5, 5.41) is 11.4. The second-order valence-electron chi connectivity index (χ2n) is 3.75. The average Bonchev–Trinajstić information content (AvgIpc) is 1.64. The van der Waals surface area contributed by atoms with E-state index in [0.717, 1.165) is 6.42 Å². The van der Waals surface area contributed by atoms with E-state index in [1.807, 2.05) is 13.8 Å². The van der Waals surface area contributed by atoms with Crippen LogP contribution in [0.2, 0.25) is 0 Å². The zero-order valence-corrected chi connectivity index (χ0v) is 7.12. The molecule has 0 fully saturated rings. The normalized spacial score (nSPS) is 14.0. The molecular formula is C8H17O. The molecule has 0 heterocycles. The molecular weight excluding hydrogens is 112 g/mol. The van der Waals surface area contributed by atoms with E-state index < -0.39 is 5.60 Å². The Labute approximate surface area is 58.1 Å². The van der Waals surface area contributed by atoms with E-state index in [2.05, 4.69) is 6.92 Å². The Balaban J connectivity index is 4.14. The predicted molar refractivity (Wildman–Crippen MR) is 38.8 cm³/mol. The quantitative estimate of drug-likeness (QED) is 0.546. The smallest absolute Gasteiger partial charge is 0.103 e. The average molecular weight is 129 g/mol. The maximum absolute atomic E-state index is 11.4. The van der Waals surface area contributed by atoms with Crippen LogP contribution in [0.1, 0.15) is 41.0 Å². The summed E-state index contributed by atoms with van der Waals surface area (Å²) in [5.74, 6) is 0. The minimum absolute atomic E-state index is 0.0764. The van der Waals surface area contributed by atoms with E-state index in [1.165, 1.54) is 0 Å². The van der Waals surface area contributed by atoms with E-state index in [4.69, 9.17) is 0 Å². The summed E-state index contributed by atoms with van der Waals surface area (Å²) in [6.07, 6.45) is 0.948. The van der Waals surface area contributed by atoms with Crippen molar-refractivity contribution in [2.75, 3.05) is 0 Å². The molecule has 9 heavy (non-hydrogen) atoms. The highest BCUT2D eigenvalue weighted by atomic mass is 16.3. The summed E-state index contributed by atoms with van der Waals surface area (Å²) >= 11 is 0. The van der Waals surface area contributed by atoms with Crippen molar-refractivity contribution in [1.29, 1.82) is 0 Å². The molecule has 0 aliphatic heterocycles. The van der Waals surface area contributed by atoms with Gasteiger partial charge >= 0.3 is 0 Å². The molecule has 1 heteroatoms. The van der Waals surface area contributed by atoms with Gasteiger partial charge in [-0.05, 0) is 25.7 Å². The van der Waals surface area contributed by atoms with Crippen molar-refractivity contribution in [3.05, 3.63) is 0 Å². The van der Waals surface area contributed by atoms with E-state index >= 15 is 0 Å². The molecule has 1 nitrogen and oxygen atoms in total. The van der Waals surface area contributed by atoms with Gasteiger partial charge < -0.3 is 0 Å². The third-order valence-electron chi connectivity index (χ3n) is 2.51. The van der Waals surface area contributed by atoms with Gasteiger partial charge in [-0.25, -0.2) is 5.11 Å². The van der Waals surface area contributed by atoms with E-state index in [9.17, 15) is 5.11 Å². The fraction of sp³-hybridized carbons (Fsp3) is 1.00. The summed E-state index contributed by atoms with van der Waals surface area (Å²) in [5.41, 5.74) is -0.880. The van der Waals surface area contributed by atoms with Gasteiger partial charge in [-0.1, -0.05) is 20.8 Å². The number of hydrogen-bond acceptors (Lipinski definition) is 0. The van der Waals surface area contributed by atoms with Gasteiger partial charge in [0.1, 0.15) is 5.60 Å². The lowest BCUT2D eigenvalue weighted by molar-refractivity contribution is -0.0910. The lowest BCUT2D eigenvalue weighted by atomic mass is 9.75. The maximum atomic E-state index is 11.4. The van der Waals surface area contributed by atoms with Crippen molar-refractivity contribution in [1.82, 2.24) is 0 Å². The van der Waals surface area contributed by atoms with E-state index in [-0.39, 0.29) is 5.41 Å². The zero-order chi connectivity index (χ0) is 7.71. The van der Waals surface area contributed by atoms with Gasteiger partial charge in [0, 0.05) is 0 Å². The molecule has 0 aromatic carbocycles. The van der Waals surface area contributed by atoms with Gasteiger partial charge in [0.2, 0.25) is 0 Å². The van der Waals surface area contributed by atoms with Crippen molar-refractivity contribution in [3.8, 4) is 0 Å². The summed E-state index contributed by atoms with van der Waals surface area (Å²) in [6.45, 7) is 9.58. The molecule has 0 amide bonds. The van der Waals surface area contributed by atoms with Crippen LogP contribution in [-0.4, -0.2) is 5.60 Å². The van der Waals surface area contributed by atoms with Crippen LogP contribution >= 0.6 is 0 Å². The van der Waals surface area contributed by atoms with Gasteiger partial charge in [0.25, 0.3) is 0 Å². The molecule has 0 bridgehead atoms. The van der Waals surface area contributed by atoms with Crippen molar-refractivity contribution < 1.29 is 5.11 Å². The topological polar surface area (TPSA) is 19.9 Å². The lowest BCUT2D eigenvalue weighted by Crippen LogP contribution is -2.36. The van der Waals surface area contributed by atoms with Crippen LogP contribution < -0.4 is 0 Å². The molecule has 0 aromatic heterocycles. The Morgan fingerprint density at radius 2 is 1.44 bits per heavy atom. The van der Waals surface area contributed by atoms with Crippen molar-refractivity contribution in [2.45, 2.75) is 46.6 Å². The van der Waals surface area contributed by atoms with Crippen LogP contribution in [-0.2, 0) is 5.11 Å². The van der Waals surface area contributed by atoms with Crippen LogP contribution in [0.15, 0.2) is 0 Å². The van der Waals surface area contributed by atoms with Gasteiger partial charge in [-0.3, -0.25) is 0 Å². The van der Waals surface area contributed by atoms with Crippen LogP contribution in [0.25, 0.3) is 0 Å². The highest BCUT2D eigenvalue weighted by Gasteiger charge is 2.34. The molecule has 55 valence electrons. The molecule has 0 saturated heterocycles. The van der Waals surface area contributed by atoms with Crippen LogP contribution in [0.4, 0.5) is 0 Å². The van der Waals surface area contributed by atoms with Gasteiger partial charge in [-0.15, -0.1) is 0 Å². The van der Waals surface area contributed by atoms with E-state index in [0.29, 0.717) is 0 Å². The zero-order valence-electron chi connectivity index (χ0n) is 7.12. The first-order valence-corrected chi connectivity index (χ1v) is 3.51. The Bertz CT molecular complexity index is 87.2. The molecule has 0 atom stereocenters. The lowest BCUT2D eigenvalue weighted by Gasteiger charge is -2.33. The Morgan fingerprint density at radius 1 is 1.11 bits per heavy atom. The molecule has 0 aliphatic rings. The molecule has 0 aromatic rings. The summed E-state index contributed by atoms with van der Waals surface area (Å²) in [7, 11) is 0. The van der Waals surface area contributed by atoms with Crippen LogP contribution in [0.5, 0.6) is 0 Å². The fourth-order valence-corrected chi connectivity index (χ4v) is 0.426. The number of hydrogen-bond donors (Lipinski definition) is 0. The third kappa shape index (κ3) is 1.98. The van der Waals surface area contributed by atoms with Crippen LogP contribution in [0, 0.1) is 5.41 Å². The third-order valence-corrected chi connectivity index (χ3v) is 2.51. The minimum Gasteiger partial charge on any atom is -0.230 e.